The summed E-state index contributed by atoms with van der Waals surface area (Å²) in [6, 6.07) is 0.547. The van der Waals surface area contributed by atoms with E-state index >= 15 is 0 Å². The van der Waals surface area contributed by atoms with Crippen molar-refractivity contribution in [3.63, 3.8) is 0 Å². The van der Waals surface area contributed by atoms with Crippen LogP contribution in [0.15, 0.2) is 4.99 Å². The van der Waals surface area contributed by atoms with Crippen LogP contribution in [0.4, 0.5) is 0 Å². The normalized spacial score (nSPS) is 20.4. The molecule has 1 saturated carbocycles. The Balaban J connectivity index is 2.47. The Morgan fingerprint density at radius 2 is 2.05 bits per heavy atom. The van der Waals surface area contributed by atoms with Gasteiger partial charge in [-0.3, -0.25) is 10.4 Å². The van der Waals surface area contributed by atoms with E-state index in [0.29, 0.717) is 11.5 Å². The lowest BCUT2D eigenvalue weighted by Crippen LogP contribution is -2.49. The van der Waals surface area contributed by atoms with Crippen molar-refractivity contribution in [3.8, 4) is 0 Å². The highest BCUT2D eigenvalue weighted by Gasteiger charge is 2.29. The van der Waals surface area contributed by atoms with E-state index < -0.39 is 0 Å². The SMILES string of the molecule is COCCCN=C(NN)N(C)C1CCC(C)(C)CC1. The zero-order valence-corrected chi connectivity index (χ0v) is 12.9. The number of nitrogens with one attached hydrogen (secondary N) is 1. The highest BCUT2D eigenvalue weighted by atomic mass is 16.5. The van der Waals surface area contributed by atoms with Crippen molar-refractivity contribution < 1.29 is 4.74 Å². The van der Waals surface area contributed by atoms with E-state index in [4.69, 9.17) is 10.6 Å². The molecule has 0 atom stereocenters. The number of guanidine groups is 1. The van der Waals surface area contributed by atoms with Gasteiger partial charge in [0.15, 0.2) is 0 Å². The largest absolute Gasteiger partial charge is 0.385 e. The van der Waals surface area contributed by atoms with Gasteiger partial charge in [0.2, 0.25) is 5.96 Å². The predicted octanol–water partition coefficient (Wildman–Crippen LogP) is 1.74. The first-order valence-electron chi connectivity index (χ1n) is 7.23. The van der Waals surface area contributed by atoms with Gasteiger partial charge in [-0.2, -0.15) is 0 Å². The molecular formula is C14H30N4O. The Morgan fingerprint density at radius 1 is 1.42 bits per heavy atom. The third-order valence-electron chi connectivity index (χ3n) is 4.09. The van der Waals surface area contributed by atoms with Crippen LogP contribution in [-0.4, -0.2) is 44.2 Å². The molecule has 0 unspecified atom stereocenters. The highest BCUT2D eigenvalue weighted by molar-refractivity contribution is 5.79. The Bertz CT molecular complexity index is 281. The van der Waals surface area contributed by atoms with Crippen LogP contribution in [0, 0.1) is 5.41 Å². The summed E-state index contributed by atoms with van der Waals surface area (Å²) in [4.78, 5) is 6.71. The van der Waals surface area contributed by atoms with Crippen LogP contribution in [0.25, 0.3) is 0 Å². The van der Waals surface area contributed by atoms with E-state index in [9.17, 15) is 0 Å². The summed E-state index contributed by atoms with van der Waals surface area (Å²) >= 11 is 0. The molecule has 3 N–H and O–H groups in total. The number of rotatable bonds is 5. The number of nitrogens with two attached hydrogens (primary N) is 1. The second-order valence-corrected chi connectivity index (χ2v) is 6.20. The Morgan fingerprint density at radius 3 is 2.58 bits per heavy atom. The number of hydrazine groups is 1. The number of hydrogen-bond acceptors (Lipinski definition) is 3. The molecular weight excluding hydrogens is 240 g/mol. The van der Waals surface area contributed by atoms with Crippen LogP contribution >= 0.6 is 0 Å². The fourth-order valence-corrected chi connectivity index (χ4v) is 2.60. The molecule has 0 heterocycles. The first-order valence-corrected chi connectivity index (χ1v) is 7.23. The van der Waals surface area contributed by atoms with Gasteiger partial charge in [-0.15, -0.1) is 0 Å². The van der Waals surface area contributed by atoms with E-state index in [1.54, 1.807) is 7.11 Å². The zero-order valence-electron chi connectivity index (χ0n) is 12.9. The van der Waals surface area contributed by atoms with Crippen molar-refractivity contribution in [2.75, 3.05) is 27.3 Å². The zero-order chi connectivity index (χ0) is 14.3. The average molecular weight is 270 g/mol. The van der Waals surface area contributed by atoms with Crippen LogP contribution in [0.5, 0.6) is 0 Å². The minimum Gasteiger partial charge on any atom is -0.385 e. The molecule has 0 bridgehead atoms. The lowest BCUT2D eigenvalue weighted by molar-refractivity contribution is 0.166. The summed E-state index contributed by atoms with van der Waals surface area (Å²) < 4.78 is 5.02. The minimum atomic E-state index is 0.489. The van der Waals surface area contributed by atoms with Crippen LogP contribution in [0.1, 0.15) is 46.0 Å². The molecule has 1 aliphatic carbocycles. The van der Waals surface area contributed by atoms with Crippen molar-refractivity contribution in [3.05, 3.63) is 0 Å². The van der Waals surface area contributed by atoms with Gasteiger partial charge in [-0.25, -0.2) is 5.84 Å². The van der Waals surface area contributed by atoms with E-state index in [2.05, 4.69) is 36.2 Å². The molecule has 5 nitrogen and oxygen atoms in total. The molecule has 0 aromatic heterocycles. The molecule has 0 aromatic rings. The van der Waals surface area contributed by atoms with E-state index in [1.807, 2.05) is 0 Å². The summed E-state index contributed by atoms with van der Waals surface area (Å²) in [7, 11) is 3.79. The van der Waals surface area contributed by atoms with Crippen molar-refractivity contribution in [2.24, 2.45) is 16.3 Å². The Kier molecular flexibility index (Phi) is 6.58. The Labute approximate surface area is 117 Å². The number of aliphatic imine (C=N–C) groups is 1. The fraction of sp³-hybridized carbons (Fsp3) is 0.929. The molecule has 0 amide bonds. The summed E-state index contributed by atoms with van der Waals surface area (Å²) in [6.45, 7) is 6.19. The van der Waals surface area contributed by atoms with Crippen molar-refractivity contribution >= 4 is 5.96 Å². The maximum atomic E-state index is 5.59. The van der Waals surface area contributed by atoms with Crippen molar-refractivity contribution in [1.29, 1.82) is 0 Å². The molecule has 1 rings (SSSR count). The lowest BCUT2D eigenvalue weighted by Gasteiger charge is -2.39. The third kappa shape index (κ3) is 5.37. The monoisotopic (exact) mass is 270 g/mol. The van der Waals surface area contributed by atoms with E-state index in [1.165, 1.54) is 25.7 Å². The molecule has 5 heteroatoms. The second kappa shape index (κ2) is 7.70. The Hall–Kier alpha value is -0.810. The number of nitrogens with zero attached hydrogens (tertiary/aromatic N) is 2. The van der Waals surface area contributed by atoms with E-state index in [-0.39, 0.29) is 0 Å². The number of ether oxygens (including phenoxy) is 1. The van der Waals surface area contributed by atoms with Gasteiger partial charge in [0.25, 0.3) is 0 Å². The fourth-order valence-electron chi connectivity index (χ4n) is 2.60. The number of methoxy groups -OCH3 is 1. The van der Waals surface area contributed by atoms with Gasteiger partial charge >= 0.3 is 0 Å². The summed E-state index contributed by atoms with van der Waals surface area (Å²) in [5, 5.41) is 0. The molecule has 0 aromatic carbocycles. The van der Waals surface area contributed by atoms with Gasteiger partial charge in [-0.05, 0) is 37.5 Å². The summed E-state index contributed by atoms with van der Waals surface area (Å²) in [5.74, 6) is 6.39. The quantitative estimate of drug-likeness (QED) is 0.263. The predicted molar refractivity (Wildman–Crippen MR) is 79.9 cm³/mol. The molecule has 1 fully saturated rings. The molecule has 1 aliphatic rings. The molecule has 0 radical (unpaired) electrons. The summed E-state index contributed by atoms with van der Waals surface area (Å²) in [5.41, 5.74) is 3.22. The smallest absolute Gasteiger partial charge is 0.208 e. The number of hydrogen-bond donors (Lipinski definition) is 2. The lowest BCUT2D eigenvalue weighted by atomic mass is 9.75. The molecule has 0 aliphatic heterocycles. The molecule has 0 spiro atoms. The second-order valence-electron chi connectivity index (χ2n) is 6.20. The first kappa shape index (κ1) is 16.2. The van der Waals surface area contributed by atoms with Crippen LogP contribution in [0.3, 0.4) is 0 Å². The molecule has 19 heavy (non-hydrogen) atoms. The molecule has 112 valence electrons. The maximum Gasteiger partial charge on any atom is 0.208 e. The van der Waals surface area contributed by atoms with Gasteiger partial charge in [0.1, 0.15) is 0 Å². The van der Waals surface area contributed by atoms with Crippen LogP contribution < -0.4 is 11.3 Å². The van der Waals surface area contributed by atoms with Crippen molar-refractivity contribution in [1.82, 2.24) is 10.3 Å². The molecule has 0 saturated heterocycles. The van der Waals surface area contributed by atoms with Crippen LogP contribution in [0.2, 0.25) is 0 Å². The van der Waals surface area contributed by atoms with Crippen LogP contribution in [-0.2, 0) is 4.74 Å². The first-order chi connectivity index (χ1) is 9.00. The summed E-state index contributed by atoms with van der Waals surface area (Å²) in [6.07, 6.45) is 5.88. The minimum absolute atomic E-state index is 0.489. The third-order valence-corrected chi connectivity index (χ3v) is 4.09. The standard InChI is InChI=1S/C14H30N4O/c1-14(2)8-6-12(7-9-14)18(3)13(17-15)16-10-5-11-19-4/h12H,5-11,15H2,1-4H3,(H,16,17). The van der Waals surface area contributed by atoms with Gasteiger partial charge in [0, 0.05) is 33.4 Å². The topological polar surface area (TPSA) is 62.9 Å². The van der Waals surface area contributed by atoms with E-state index in [0.717, 1.165) is 25.5 Å². The van der Waals surface area contributed by atoms with Crippen molar-refractivity contribution in [2.45, 2.75) is 52.0 Å². The average Bonchev–Trinajstić information content (AvgIpc) is 2.38. The van der Waals surface area contributed by atoms with Gasteiger partial charge in [0.05, 0.1) is 0 Å². The van der Waals surface area contributed by atoms with Gasteiger partial charge < -0.3 is 9.64 Å². The highest BCUT2D eigenvalue weighted by Crippen LogP contribution is 2.36. The van der Waals surface area contributed by atoms with Gasteiger partial charge in [-0.1, -0.05) is 13.8 Å². The maximum absolute atomic E-state index is 5.59.